The lowest BCUT2D eigenvalue weighted by Gasteiger charge is -2.22. The Balaban J connectivity index is 2.24. The van der Waals surface area contributed by atoms with Crippen LogP contribution in [0.3, 0.4) is 0 Å². The summed E-state index contributed by atoms with van der Waals surface area (Å²) in [6.07, 6.45) is 0.110. The van der Waals surface area contributed by atoms with Crippen LogP contribution in [0.1, 0.15) is 31.3 Å². The van der Waals surface area contributed by atoms with E-state index in [1.807, 2.05) is 0 Å². The first-order chi connectivity index (χ1) is 9.52. The summed E-state index contributed by atoms with van der Waals surface area (Å²) in [6, 6.07) is 3.57. The lowest BCUT2D eigenvalue weighted by molar-refractivity contribution is -0.385. The van der Waals surface area contributed by atoms with Crippen molar-refractivity contribution in [3.05, 3.63) is 33.9 Å². The third-order valence-corrected chi connectivity index (χ3v) is 3.78. The maximum absolute atomic E-state index is 13.0. The van der Waals surface area contributed by atoms with Gasteiger partial charge < -0.3 is 11.1 Å². The molecule has 1 fully saturated rings. The Kier molecular flexibility index (Phi) is 4.49. The van der Waals surface area contributed by atoms with E-state index in [1.54, 1.807) is 0 Å². The molecule has 1 aromatic carbocycles. The Morgan fingerprint density at radius 2 is 2.20 bits per heavy atom. The van der Waals surface area contributed by atoms with Crippen molar-refractivity contribution < 1.29 is 13.7 Å². The molecule has 0 spiro atoms. The first-order valence-corrected chi connectivity index (χ1v) is 6.56. The van der Waals surface area contributed by atoms with Crippen molar-refractivity contribution in [3.63, 3.8) is 0 Å². The van der Waals surface area contributed by atoms with E-state index in [2.05, 4.69) is 5.32 Å². The van der Waals surface area contributed by atoms with Gasteiger partial charge in [0.15, 0.2) is 0 Å². The molecule has 0 aliphatic heterocycles. The molecular weight excluding hydrogens is 268 g/mol. The van der Waals surface area contributed by atoms with E-state index < -0.39 is 11.3 Å². The zero-order chi connectivity index (χ0) is 14.7. The molecule has 110 valence electrons. The molecule has 0 bridgehead atoms. The van der Waals surface area contributed by atoms with Gasteiger partial charge in [-0.05, 0) is 31.4 Å². The number of nitrogens with zero attached hydrogens (tertiary/aromatic N) is 1. The summed E-state index contributed by atoms with van der Waals surface area (Å²) in [4.78, 5) is 9.98. The van der Waals surface area contributed by atoms with Crippen LogP contribution in [0.15, 0.2) is 18.2 Å². The Morgan fingerprint density at radius 3 is 2.80 bits per heavy atom. The fraction of sp³-hybridized carbons (Fsp3) is 0.538. The molecule has 1 aliphatic carbocycles. The number of nitro benzene ring substituents is 1. The van der Waals surface area contributed by atoms with Gasteiger partial charge in [-0.1, -0.05) is 6.42 Å². The van der Waals surface area contributed by atoms with Crippen LogP contribution in [0, 0.1) is 16.0 Å². The first kappa shape index (κ1) is 14.6. The van der Waals surface area contributed by atoms with E-state index in [4.69, 9.17) is 5.73 Å². The maximum Gasteiger partial charge on any atom is 0.270 e. The number of alkyl halides is 2. The average Bonchev–Trinajstić information content (AvgIpc) is 2.85. The first-order valence-electron chi connectivity index (χ1n) is 6.56. The summed E-state index contributed by atoms with van der Waals surface area (Å²) < 4.78 is 26.1. The van der Waals surface area contributed by atoms with Crippen molar-refractivity contribution >= 4 is 11.4 Å². The lowest BCUT2D eigenvalue weighted by Crippen LogP contribution is -2.29. The Morgan fingerprint density at radius 1 is 1.45 bits per heavy atom. The molecule has 1 aromatic rings. The van der Waals surface area contributed by atoms with Gasteiger partial charge in [-0.25, -0.2) is 8.78 Å². The molecule has 2 rings (SSSR count). The molecule has 0 radical (unpaired) electrons. The highest BCUT2D eigenvalue weighted by atomic mass is 19.3. The van der Waals surface area contributed by atoms with E-state index in [-0.39, 0.29) is 28.9 Å². The van der Waals surface area contributed by atoms with Crippen molar-refractivity contribution in [3.8, 4) is 0 Å². The van der Waals surface area contributed by atoms with Crippen LogP contribution in [0.5, 0.6) is 0 Å². The van der Waals surface area contributed by atoms with Crippen LogP contribution >= 0.6 is 0 Å². The van der Waals surface area contributed by atoms with Gasteiger partial charge in [-0.15, -0.1) is 0 Å². The van der Waals surface area contributed by atoms with E-state index in [0.29, 0.717) is 6.54 Å². The summed E-state index contributed by atoms with van der Waals surface area (Å²) >= 11 is 0. The quantitative estimate of drug-likeness (QED) is 0.643. The lowest BCUT2D eigenvalue weighted by atomic mass is 10.0. The number of rotatable bonds is 5. The number of nitrogens with two attached hydrogens (primary N) is 1. The second kappa shape index (κ2) is 6.13. The van der Waals surface area contributed by atoms with Gasteiger partial charge in [-0.3, -0.25) is 10.1 Å². The minimum absolute atomic E-state index is 0.0546. The van der Waals surface area contributed by atoms with Crippen molar-refractivity contribution in [1.82, 2.24) is 0 Å². The molecule has 2 unspecified atom stereocenters. The third kappa shape index (κ3) is 3.04. The molecule has 3 N–H and O–H groups in total. The van der Waals surface area contributed by atoms with Gasteiger partial charge >= 0.3 is 0 Å². The Labute approximate surface area is 115 Å². The highest BCUT2D eigenvalue weighted by molar-refractivity contribution is 5.57. The Hall–Kier alpha value is -1.76. The molecule has 0 amide bonds. The van der Waals surface area contributed by atoms with Crippen LogP contribution in [0.4, 0.5) is 20.2 Å². The number of nitrogens with one attached hydrogen (secondary N) is 1. The van der Waals surface area contributed by atoms with Crippen molar-refractivity contribution in [2.45, 2.75) is 31.7 Å². The normalized spacial score (nSPS) is 22.2. The van der Waals surface area contributed by atoms with Crippen LogP contribution < -0.4 is 11.1 Å². The van der Waals surface area contributed by atoms with E-state index in [9.17, 15) is 18.9 Å². The maximum atomic E-state index is 13.0. The van der Waals surface area contributed by atoms with E-state index in [0.717, 1.165) is 25.3 Å². The van der Waals surface area contributed by atoms with Gasteiger partial charge in [-0.2, -0.15) is 0 Å². The van der Waals surface area contributed by atoms with Gasteiger partial charge in [0.05, 0.1) is 4.92 Å². The highest BCUT2D eigenvalue weighted by Gasteiger charge is 2.27. The van der Waals surface area contributed by atoms with Gasteiger partial charge in [0.1, 0.15) is 0 Å². The van der Waals surface area contributed by atoms with Crippen LogP contribution in [0.2, 0.25) is 0 Å². The minimum Gasteiger partial charge on any atom is -0.382 e. The molecule has 1 aliphatic rings. The van der Waals surface area contributed by atoms with Gasteiger partial charge in [0.25, 0.3) is 12.1 Å². The molecule has 2 atom stereocenters. The number of halogens is 2. The summed E-state index contributed by atoms with van der Waals surface area (Å²) in [5, 5.41) is 13.7. The summed E-state index contributed by atoms with van der Waals surface area (Å²) in [7, 11) is 0. The molecule has 7 heteroatoms. The van der Waals surface area contributed by atoms with Gasteiger partial charge in [0.2, 0.25) is 0 Å². The number of hydrogen-bond donors (Lipinski definition) is 2. The standard InChI is InChI=1S/C13H17F2N3O2/c14-13(15)10-6-9(18(19)20)4-5-12(10)17-11-3-1-2-8(11)7-16/h4-6,8,11,13,17H,1-3,7,16H2. The van der Waals surface area contributed by atoms with Crippen molar-refractivity contribution in [2.24, 2.45) is 11.7 Å². The number of nitro groups is 1. The van der Waals surface area contributed by atoms with Gasteiger partial charge in [0, 0.05) is 29.4 Å². The van der Waals surface area contributed by atoms with Crippen molar-refractivity contribution in [2.75, 3.05) is 11.9 Å². The van der Waals surface area contributed by atoms with E-state index in [1.165, 1.54) is 12.1 Å². The zero-order valence-electron chi connectivity index (χ0n) is 10.9. The highest BCUT2D eigenvalue weighted by Crippen LogP contribution is 2.34. The average molecular weight is 285 g/mol. The van der Waals surface area contributed by atoms with Crippen molar-refractivity contribution in [1.29, 1.82) is 0 Å². The largest absolute Gasteiger partial charge is 0.382 e. The smallest absolute Gasteiger partial charge is 0.270 e. The number of anilines is 1. The third-order valence-electron chi connectivity index (χ3n) is 3.78. The van der Waals surface area contributed by atoms with Crippen LogP contribution in [0.25, 0.3) is 0 Å². The topological polar surface area (TPSA) is 81.2 Å². The van der Waals surface area contributed by atoms with E-state index >= 15 is 0 Å². The predicted molar refractivity (Wildman–Crippen MR) is 71.9 cm³/mol. The van der Waals surface area contributed by atoms with Crippen LogP contribution in [-0.2, 0) is 0 Å². The predicted octanol–water partition coefficient (Wildman–Crippen LogP) is 3.07. The second-order valence-electron chi connectivity index (χ2n) is 5.01. The molecule has 0 aromatic heterocycles. The summed E-state index contributed by atoms with van der Waals surface area (Å²) in [6.45, 7) is 0.509. The number of non-ortho nitro benzene ring substituents is 1. The second-order valence-corrected chi connectivity index (χ2v) is 5.01. The summed E-state index contributed by atoms with van der Waals surface area (Å²) in [5.74, 6) is 0.260. The summed E-state index contributed by atoms with van der Waals surface area (Å²) in [5.41, 5.74) is 5.26. The Bertz CT molecular complexity index is 497. The fourth-order valence-electron chi connectivity index (χ4n) is 2.68. The monoisotopic (exact) mass is 285 g/mol. The molecule has 0 heterocycles. The number of hydrogen-bond acceptors (Lipinski definition) is 4. The zero-order valence-corrected chi connectivity index (χ0v) is 10.9. The molecule has 20 heavy (non-hydrogen) atoms. The molecule has 5 nitrogen and oxygen atoms in total. The minimum atomic E-state index is -2.75. The SMILES string of the molecule is NCC1CCCC1Nc1ccc([N+](=O)[O-])cc1C(F)F. The fourth-order valence-corrected chi connectivity index (χ4v) is 2.68. The molecule has 1 saturated carbocycles. The molecular formula is C13H17F2N3O2. The number of benzene rings is 1. The molecule has 0 saturated heterocycles. The van der Waals surface area contributed by atoms with Crippen LogP contribution in [-0.4, -0.2) is 17.5 Å².